The standard InChI is InChI=1S/C23H18N6O4/c30-19(14-28-22(31)16-8-4-5-9-17(16)23(28)32)24-12-13-33-20-11-10-18-25-26-21(29(18)27-20)15-6-2-1-3-7-15/h1-11H,12-14H2,(H,24,30). The summed E-state index contributed by atoms with van der Waals surface area (Å²) in [6, 6.07) is 19.5. The molecule has 0 aliphatic carbocycles. The number of carbonyl (C=O) groups excluding carboxylic acids is 3. The summed E-state index contributed by atoms with van der Waals surface area (Å²) in [5.41, 5.74) is 2.07. The first-order valence-electron chi connectivity index (χ1n) is 10.2. The summed E-state index contributed by atoms with van der Waals surface area (Å²) in [6.07, 6.45) is 0. The molecule has 0 fully saturated rings. The molecule has 3 amide bonds. The fraction of sp³-hybridized carbons (Fsp3) is 0.130. The van der Waals surface area contributed by atoms with Gasteiger partial charge in [0.15, 0.2) is 11.5 Å². The Kier molecular flexibility index (Phi) is 5.23. The number of benzene rings is 2. The molecule has 10 nitrogen and oxygen atoms in total. The van der Waals surface area contributed by atoms with E-state index >= 15 is 0 Å². The van der Waals surface area contributed by atoms with E-state index in [4.69, 9.17) is 4.74 Å². The summed E-state index contributed by atoms with van der Waals surface area (Å²) in [5.74, 6) is -0.466. The molecule has 0 saturated carbocycles. The lowest BCUT2D eigenvalue weighted by Crippen LogP contribution is -2.41. The Labute approximate surface area is 187 Å². The quantitative estimate of drug-likeness (QED) is 0.341. The predicted octanol–water partition coefficient (Wildman–Crippen LogP) is 1.58. The summed E-state index contributed by atoms with van der Waals surface area (Å²) in [5, 5.41) is 15.4. The van der Waals surface area contributed by atoms with Gasteiger partial charge < -0.3 is 10.1 Å². The average molecular weight is 442 g/mol. The largest absolute Gasteiger partial charge is 0.475 e. The minimum absolute atomic E-state index is 0.148. The van der Waals surface area contributed by atoms with E-state index in [9.17, 15) is 14.4 Å². The van der Waals surface area contributed by atoms with E-state index in [2.05, 4.69) is 20.6 Å². The molecule has 0 saturated heterocycles. The van der Waals surface area contributed by atoms with Crippen molar-refractivity contribution >= 4 is 23.4 Å². The van der Waals surface area contributed by atoms with Gasteiger partial charge in [-0.05, 0) is 18.2 Å². The Morgan fingerprint density at radius 2 is 1.58 bits per heavy atom. The highest BCUT2D eigenvalue weighted by molar-refractivity contribution is 6.22. The molecule has 2 aromatic carbocycles. The number of fused-ring (bicyclic) bond motifs is 2. The minimum Gasteiger partial charge on any atom is -0.475 e. The molecule has 0 bridgehead atoms. The van der Waals surface area contributed by atoms with Gasteiger partial charge in [-0.15, -0.1) is 15.3 Å². The SMILES string of the molecule is O=C(CN1C(=O)c2ccccc2C1=O)NCCOc1ccc2nnc(-c3ccccc3)n2n1. The lowest BCUT2D eigenvalue weighted by molar-refractivity contribution is -0.121. The van der Waals surface area contributed by atoms with Crippen LogP contribution in [0.25, 0.3) is 17.0 Å². The highest BCUT2D eigenvalue weighted by atomic mass is 16.5. The van der Waals surface area contributed by atoms with E-state index < -0.39 is 17.7 Å². The maximum atomic E-state index is 12.4. The average Bonchev–Trinajstić information content (AvgIpc) is 3.37. The summed E-state index contributed by atoms with van der Waals surface area (Å²) in [4.78, 5) is 37.9. The van der Waals surface area contributed by atoms with Crippen molar-refractivity contribution in [1.82, 2.24) is 30.0 Å². The minimum atomic E-state index is -0.470. The molecule has 0 spiro atoms. The van der Waals surface area contributed by atoms with Crippen molar-refractivity contribution in [3.05, 3.63) is 77.9 Å². The number of carbonyl (C=O) groups is 3. The van der Waals surface area contributed by atoms with Crippen molar-refractivity contribution in [2.24, 2.45) is 0 Å². The van der Waals surface area contributed by atoms with E-state index in [1.807, 2.05) is 30.3 Å². The Balaban J connectivity index is 1.16. The van der Waals surface area contributed by atoms with Crippen molar-refractivity contribution < 1.29 is 19.1 Å². The van der Waals surface area contributed by atoms with Crippen LogP contribution in [0.15, 0.2) is 66.7 Å². The first-order valence-corrected chi connectivity index (χ1v) is 10.2. The van der Waals surface area contributed by atoms with Gasteiger partial charge in [0, 0.05) is 11.6 Å². The zero-order chi connectivity index (χ0) is 22.8. The Bertz CT molecular complexity index is 1330. The van der Waals surface area contributed by atoms with Crippen LogP contribution in [-0.2, 0) is 4.79 Å². The Hall–Kier alpha value is -4.60. The second-order valence-electron chi connectivity index (χ2n) is 7.27. The van der Waals surface area contributed by atoms with E-state index in [0.717, 1.165) is 10.5 Å². The maximum absolute atomic E-state index is 12.4. The molecule has 3 heterocycles. The van der Waals surface area contributed by atoms with Gasteiger partial charge in [-0.1, -0.05) is 42.5 Å². The highest BCUT2D eigenvalue weighted by Gasteiger charge is 2.36. The molecule has 33 heavy (non-hydrogen) atoms. The summed E-state index contributed by atoms with van der Waals surface area (Å²) in [7, 11) is 0. The van der Waals surface area contributed by atoms with Crippen LogP contribution in [0.1, 0.15) is 20.7 Å². The molecule has 0 atom stereocenters. The van der Waals surface area contributed by atoms with Crippen molar-refractivity contribution in [1.29, 1.82) is 0 Å². The van der Waals surface area contributed by atoms with Gasteiger partial charge in [0.2, 0.25) is 11.8 Å². The van der Waals surface area contributed by atoms with Gasteiger partial charge in [-0.25, -0.2) is 0 Å². The third-order valence-electron chi connectivity index (χ3n) is 5.12. The number of nitrogens with zero attached hydrogens (tertiary/aromatic N) is 5. The lowest BCUT2D eigenvalue weighted by atomic mass is 10.1. The fourth-order valence-corrected chi connectivity index (χ4v) is 3.54. The molecule has 0 unspecified atom stereocenters. The first kappa shape index (κ1) is 20.3. The Morgan fingerprint density at radius 1 is 0.879 bits per heavy atom. The first-order chi connectivity index (χ1) is 16.1. The number of hydrogen-bond acceptors (Lipinski definition) is 7. The zero-order valence-electron chi connectivity index (χ0n) is 17.3. The highest BCUT2D eigenvalue weighted by Crippen LogP contribution is 2.22. The van der Waals surface area contributed by atoms with Crippen LogP contribution in [0.2, 0.25) is 0 Å². The zero-order valence-corrected chi connectivity index (χ0v) is 17.3. The lowest BCUT2D eigenvalue weighted by Gasteiger charge is -2.13. The predicted molar refractivity (Wildman–Crippen MR) is 117 cm³/mol. The second kappa shape index (κ2) is 8.50. The van der Waals surface area contributed by atoms with Crippen LogP contribution in [0.4, 0.5) is 0 Å². The van der Waals surface area contributed by atoms with Gasteiger partial charge in [0.05, 0.1) is 17.7 Å². The molecule has 1 aliphatic rings. The van der Waals surface area contributed by atoms with Crippen LogP contribution in [-0.4, -0.2) is 62.1 Å². The monoisotopic (exact) mass is 442 g/mol. The third-order valence-corrected chi connectivity index (χ3v) is 5.12. The molecule has 2 aromatic heterocycles. The molecule has 0 radical (unpaired) electrons. The van der Waals surface area contributed by atoms with Crippen molar-refractivity contribution in [3.8, 4) is 17.3 Å². The van der Waals surface area contributed by atoms with E-state index in [-0.39, 0.29) is 19.7 Å². The molecule has 10 heteroatoms. The van der Waals surface area contributed by atoms with Gasteiger partial charge in [-0.3, -0.25) is 19.3 Å². The number of ether oxygens (including phenoxy) is 1. The summed E-state index contributed by atoms with van der Waals surface area (Å²) in [6.45, 7) is -0.0255. The third kappa shape index (κ3) is 3.89. The van der Waals surface area contributed by atoms with Crippen LogP contribution in [0.5, 0.6) is 5.88 Å². The topological polar surface area (TPSA) is 119 Å². The van der Waals surface area contributed by atoms with Gasteiger partial charge in [-0.2, -0.15) is 4.52 Å². The van der Waals surface area contributed by atoms with Crippen molar-refractivity contribution in [2.75, 3.05) is 19.7 Å². The number of aromatic nitrogens is 4. The number of imide groups is 1. The number of hydrogen-bond donors (Lipinski definition) is 1. The van der Waals surface area contributed by atoms with Crippen LogP contribution in [0.3, 0.4) is 0 Å². The van der Waals surface area contributed by atoms with Gasteiger partial charge in [0.1, 0.15) is 13.2 Å². The van der Waals surface area contributed by atoms with Gasteiger partial charge in [0.25, 0.3) is 11.8 Å². The normalized spacial score (nSPS) is 12.8. The molecule has 1 aliphatic heterocycles. The molecule has 5 rings (SSSR count). The van der Waals surface area contributed by atoms with E-state index in [1.165, 1.54) is 0 Å². The van der Waals surface area contributed by atoms with E-state index in [0.29, 0.717) is 28.5 Å². The maximum Gasteiger partial charge on any atom is 0.262 e. The number of amides is 3. The molecular formula is C23H18N6O4. The number of rotatable bonds is 7. The number of nitrogens with one attached hydrogen (secondary N) is 1. The van der Waals surface area contributed by atoms with E-state index in [1.54, 1.807) is 40.9 Å². The fourth-order valence-electron chi connectivity index (χ4n) is 3.54. The summed E-state index contributed by atoms with van der Waals surface area (Å²) < 4.78 is 7.23. The van der Waals surface area contributed by atoms with Crippen molar-refractivity contribution in [3.63, 3.8) is 0 Å². The Morgan fingerprint density at radius 3 is 2.30 bits per heavy atom. The summed E-state index contributed by atoms with van der Waals surface area (Å²) >= 11 is 0. The van der Waals surface area contributed by atoms with Crippen LogP contribution < -0.4 is 10.1 Å². The van der Waals surface area contributed by atoms with Crippen LogP contribution >= 0.6 is 0 Å². The van der Waals surface area contributed by atoms with Crippen molar-refractivity contribution in [2.45, 2.75) is 0 Å². The molecule has 164 valence electrons. The smallest absolute Gasteiger partial charge is 0.262 e. The second-order valence-corrected chi connectivity index (χ2v) is 7.27. The molecule has 4 aromatic rings. The molecule has 1 N–H and O–H groups in total. The van der Waals surface area contributed by atoms with Crippen LogP contribution in [0, 0.1) is 0 Å². The van der Waals surface area contributed by atoms with Gasteiger partial charge >= 0.3 is 0 Å². The molecular weight excluding hydrogens is 424 g/mol.